The molecule has 2 heterocycles. The van der Waals surface area contributed by atoms with Crippen LogP contribution in [0, 0.1) is 0 Å². The van der Waals surface area contributed by atoms with Gasteiger partial charge >= 0.3 is 5.97 Å². The molecule has 138 valence electrons. The van der Waals surface area contributed by atoms with Crippen molar-refractivity contribution in [3.8, 4) is 0 Å². The molecule has 1 aliphatic heterocycles. The van der Waals surface area contributed by atoms with Crippen LogP contribution in [0.1, 0.15) is 36.3 Å². The molecule has 1 aromatic carbocycles. The number of esters is 1. The van der Waals surface area contributed by atoms with Crippen LogP contribution >= 0.6 is 0 Å². The van der Waals surface area contributed by atoms with E-state index >= 15 is 0 Å². The van der Waals surface area contributed by atoms with Crippen molar-refractivity contribution in [2.75, 3.05) is 6.26 Å². The molecule has 2 aromatic rings. The molecule has 1 aromatic heterocycles. The van der Waals surface area contributed by atoms with Crippen LogP contribution in [0.25, 0.3) is 0 Å². The monoisotopic (exact) mass is 375 g/mol. The number of aryl methyl sites for hydroxylation is 1. The number of carbonyl (C=O) groups excluding carboxylic acids is 2. The number of hydrogen-bond acceptors (Lipinski definition) is 5. The van der Waals surface area contributed by atoms with Crippen molar-refractivity contribution in [2.24, 2.45) is 0 Å². The third-order valence-electron chi connectivity index (χ3n) is 4.60. The lowest BCUT2D eigenvalue weighted by molar-refractivity contribution is -0.152. The Kier molecular flexibility index (Phi) is 4.52. The first-order valence-corrected chi connectivity index (χ1v) is 10.3. The van der Waals surface area contributed by atoms with Gasteiger partial charge in [0.25, 0.3) is 0 Å². The van der Waals surface area contributed by atoms with E-state index in [9.17, 15) is 18.0 Å². The zero-order chi connectivity index (χ0) is 19.1. The quantitative estimate of drug-likeness (QED) is 0.455. The summed E-state index contributed by atoms with van der Waals surface area (Å²) in [5.74, 6) is -1.04. The maximum atomic E-state index is 13.4. The minimum atomic E-state index is -3.46. The lowest BCUT2D eigenvalue weighted by Crippen LogP contribution is -2.44. The van der Waals surface area contributed by atoms with Crippen LogP contribution in [0.5, 0.6) is 0 Å². The van der Waals surface area contributed by atoms with E-state index in [0.29, 0.717) is 12.2 Å². The van der Waals surface area contributed by atoms with Crippen LogP contribution in [0.4, 0.5) is 0 Å². The average molecular weight is 375 g/mol. The minimum absolute atomic E-state index is 0.0455. The molecule has 0 spiro atoms. The highest BCUT2D eigenvalue weighted by atomic mass is 32.2. The van der Waals surface area contributed by atoms with Gasteiger partial charge in [-0.25, -0.2) is 8.42 Å². The number of carbonyl (C=O) groups is 2. The van der Waals surface area contributed by atoms with Crippen LogP contribution < -0.4 is 0 Å². The van der Waals surface area contributed by atoms with Gasteiger partial charge in [-0.05, 0) is 44.5 Å². The molecule has 26 heavy (non-hydrogen) atoms. The molecule has 0 fully saturated rings. The summed E-state index contributed by atoms with van der Waals surface area (Å²) < 4.78 is 30.9. The summed E-state index contributed by atoms with van der Waals surface area (Å²) >= 11 is 0. The highest BCUT2D eigenvalue weighted by molar-refractivity contribution is 7.90. The fourth-order valence-electron chi connectivity index (χ4n) is 3.37. The molecule has 0 N–H and O–H groups in total. The van der Waals surface area contributed by atoms with Gasteiger partial charge in [0.1, 0.15) is 0 Å². The van der Waals surface area contributed by atoms with E-state index in [2.05, 4.69) is 0 Å². The second-order valence-corrected chi connectivity index (χ2v) is 8.84. The third kappa shape index (κ3) is 2.96. The fraction of sp³-hybridized carbons (Fsp3) is 0.368. The largest absolute Gasteiger partial charge is 0.462 e. The van der Waals surface area contributed by atoms with E-state index in [1.54, 1.807) is 26.0 Å². The van der Waals surface area contributed by atoms with Crippen LogP contribution in [0.15, 0.2) is 47.5 Å². The molecule has 0 aliphatic carbocycles. The Morgan fingerprint density at radius 2 is 1.92 bits per heavy atom. The first kappa shape index (κ1) is 18.4. The molecule has 0 saturated heterocycles. The van der Waals surface area contributed by atoms with Crippen molar-refractivity contribution in [1.82, 2.24) is 4.57 Å². The zero-order valence-electron chi connectivity index (χ0n) is 14.9. The first-order chi connectivity index (χ1) is 12.2. The molecule has 6 nitrogen and oxygen atoms in total. The average Bonchev–Trinajstić information content (AvgIpc) is 3.15. The van der Waals surface area contributed by atoms with Gasteiger partial charge in [-0.15, -0.1) is 0 Å². The van der Waals surface area contributed by atoms with Crippen LogP contribution in [-0.4, -0.2) is 37.1 Å². The van der Waals surface area contributed by atoms with E-state index in [4.69, 9.17) is 4.74 Å². The van der Waals surface area contributed by atoms with Crippen molar-refractivity contribution in [2.45, 2.75) is 43.2 Å². The molecule has 1 atom stereocenters. The molecule has 0 amide bonds. The minimum Gasteiger partial charge on any atom is -0.462 e. The van der Waals surface area contributed by atoms with Crippen molar-refractivity contribution in [1.29, 1.82) is 0 Å². The van der Waals surface area contributed by atoms with E-state index in [0.717, 1.165) is 6.26 Å². The van der Waals surface area contributed by atoms with Gasteiger partial charge in [0.2, 0.25) is 0 Å². The number of hydrogen-bond donors (Lipinski definition) is 0. The van der Waals surface area contributed by atoms with Crippen LogP contribution in [0.2, 0.25) is 0 Å². The van der Waals surface area contributed by atoms with Crippen molar-refractivity contribution in [3.05, 3.63) is 53.9 Å². The molecule has 0 radical (unpaired) electrons. The number of ether oxygens (including phenoxy) is 1. The number of Topliss-reactive ketones (excluding diaryl/α,β-unsaturated/α-hetero) is 1. The second kappa shape index (κ2) is 6.39. The number of fused-ring (bicyclic) bond motifs is 1. The molecule has 3 rings (SSSR count). The van der Waals surface area contributed by atoms with E-state index in [1.807, 2.05) is 10.8 Å². The predicted molar refractivity (Wildman–Crippen MR) is 95.8 cm³/mol. The van der Waals surface area contributed by atoms with Gasteiger partial charge in [0.05, 0.1) is 11.0 Å². The summed E-state index contributed by atoms with van der Waals surface area (Å²) in [6.45, 7) is 3.98. The molecule has 1 unspecified atom stereocenters. The highest BCUT2D eigenvalue weighted by Crippen LogP contribution is 2.40. The predicted octanol–water partition coefficient (Wildman–Crippen LogP) is 2.37. The number of ketones is 1. The van der Waals surface area contributed by atoms with Gasteiger partial charge in [-0.1, -0.05) is 12.1 Å². The summed E-state index contributed by atoms with van der Waals surface area (Å²) in [6.07, 6.45) is 2.83. The normalized spacial score (nSPS) is 19.4. The third-order valence-corrected chi connectivity index (χ3v) is 5.71. The first-order valence-electron chi connectivity index (χ1n) is 8.38. The van der Waals surface area contributed by atoms with Gasteiger partial charge in [0, 0.05) is 30.3 Å². The summed E-state index contributed by atoms with van der Waals surface area (Å²) in [5.41, 5.74) is -0.689. The SMILES string of the molecule is CC(C)OC(=O)C1(C(=O)c2cccc(S(C)(=O)=O)c2)CCn2cccc21. The lowest BCUT2D eigenvalue weighted by Gasteiger charge is -2.26. The Labute approximate surface area is 152 Å². The Bertz CT molecular complexity index is 973. The number of aromatic nitrogens is 1. The molecule has 1 aliphatic rings. The number of sulfone groups is 1. The molecular weight excluding hydrogens is 354 g/mol. The van der Waals surface area contributed by atoms with Gasteiger partial charge in [-0.3, -0.25) is 9.59 Å². The Balaban J connectivity index is 2.13. The Hall–Kier alpha value is -2.41. The van der Waals surface area contributed by atoms with E-state index < -0.39 is 27.0 Å². The molecular formula is C19H21NO5S. The van der Waals surface area contributed by atoms with Crippen LogP contribution in [0.3, 0.4) is 0 Å². The van der Waals surface area contributed by atoms with Gasteiger partial charge in [0.15, 0.2) is 21.0 Å². The fourth-order valence-corrected chi connectivity index (χ4v) is 4.04. The standard InChI is InChI=1S/C19H21NO5S/c1-13(2)25-18(22)19(9-11-20-10-5-8-16(19)20)17(21)14-6-4-7-15(12-14)26(3,23)24/h4-8,10,12-13H,9,11H2,1-3H3. The van der Waals surface area contributed by atoms with E-state index in [1.165, 1.54) is 24.3 Å². The zero-order valence-corrected chi connectivity index (χ0v) is 15.7. The van der Waals surface area contributed by atoms with Crippen molar-refractivity contribution >= 4 is 21.6 Å². The number of benzene rings is 1. The lowest BCUT2D eigenvalue weighted by atomic mass is 9.76. The molecule has 0 bridgehead atoms. The summed E-state index contributed by atoms with van der Waals surface area (Å²) in [4.78, 5) is 26.4. The Morgan fingerprint density at radius 1 is 1.19 bits per heavy atom. The molecule has 7 heteroatoms. The number of rotatable bonds is 5. The van der Waals surface area contributed by atoms with Gasteiger partial charge in [-0.2, -0.15) is 0 Å². The van der Waals surface area contributed by atoms with Crippen molar-refractivity contribution in [3.63, 3.8) is 0 Å². The maximum Gasteiger partial charge on any atom is 0.326 e. The smallest absolute Gasteiger partial charge is 0.326 e. The maximum absolute atomic E-state index is 13.4. The highest BCUT2D eigenvalue weighted by Gasteiger charge is 2.53. The van der Waals surface area contributed by atoms with Crippen molar-refractivity contribution < 1.29 is 22.7 Å². The summed E-state index contributed by atoms with van der Waals surface area (Å²) in [5, 5.41) is 0. The van der Waals surface area contributed by atoms with Crippen LogP contribution in [-0.2, 0) is 31.3 Å². The molecule has 0 saturated carbocycles. The topological polar surface area (TPSA) is 82.4 Å². The summed E-state index contributed by atoms with van der Waals surface area (Å²) in [7, 11) is -3.46. The summed E-state index contributed by atoms with van der Waals surface area (Å²) in [6, 6.07) is 9.33. The Morgan fingerprint density at radius 3 is 2.58 bits per heavy atom. The number of nitrogens with zero attached hydrogens (tertiary/aromatic N) is 1. The second-order valence-electron chi connectivity index (χ2n) is 6.83. The van der Waals surface area contributed by atoms with Gasteiger partial charge < -0.3 is 9.30 Å². The van der Waals surface area contributed by atoms with E-state index in [-0.39, 0.29) is 23.0 Å².